The van der Waals surface area contributed by atoms with Crippen molar-refractivity contribution in [3.8, 4) is 32.6 Å². The second-order valence-corrected chi connectivity index (χ2v) is 35.9. The fourth-order valence-electron chi connectivity index (χ4n) is 9.24. The van der Waals surface area contributed by atoms with Gasteiger partial charge in [0.15, 0.2) is 0 Å². The fourth-order valence-corrected chi connectivity index (χ4v) is 11.3. The Morgan fingerprint density at radius 3 is 1.14 bits per heavy atom. The molecule has 702 valence electrons. The molecular formula is C87H108ClF5N12O22S2. The minimum Gasteiger partial charge on any atom is -0.489 e. The third kappa shape index (κ3) is 43.9. The van der Waals surface area contributed by atoms with Crippen molar-refractivity contribution in [2.24, 2.45) is 11.6 Å². The number of nitrogens with zero attached hydrogens (tertiary/aromatic N) is 4. The summed E-state index contributed by atoms with van der Waals surface area (Å²) in [7, 11) is 0. The van der Waals surface area contributed by atoms with Gasteiger partial charge in [-0.2, -0.15) is 8.78 Å². The molecule has 6 amide bonds. The summed E-state index contributed by atoms with van der Waals surface area (Å²) in [5.41, 5.74) is 10.0. The molecular weight excluding hydrogens is 1760 g/mol. The van der Waals surface area contributed by atoms with Crippen LogP contribution >= 0.6 is 34.3 Å². The Labute approximate surface area is 755 Å². The van der Waals surface area contributed by atoms with Gasteiger partial charge < -0.3 is 69.8 Å². The summed E-state index contributed by atoms with van der Waals surface area (Å²) in [6.45, 7) is 34.0. The van der Waals surface area contributed by atoms with E-state index in [-0.39, 0.29) is 41.2 Å². The summed E-state index contributed by atoms with van der Waals surface area (Å²) in [6.07, 6.45) is -3.28. The van der Waals surface area contributed by atoms with Crippen LogP contribution in [0.1, 0.15) is 192 Å². The van der Waals surface area contributed by atoms with Crippen molar-refractivity contribution in [3.05, 3.63) is 200 Å². The maximum absolute atomic E-state index is 13.5. The molecule has 0 aliphatic carbocycles. The summed E-state index contributed by atoms with van der Waals surface area (Å²) in [5.74, 6) is -15.1. The zero-order chi connectivity index (χ0) is 97.9. The molecule has 0 bridgehead atoms. The first-order valence-electron chi connectivity index (χ1n) is 39.2. The Hall–Kier alpha value is -12.9. The smallest absolute Gasteiger partial charge is 0.408 e. The number of carbonyl (C=O) groups excluding carboxylic acids is 10. The number of carbonyl (C=O) groups is 12. The highest BCUT2D eigenvalue weighted by Crippen LogP contribution is 2.33. The predicted octanol–water partition coefficient (Wildman–Crippen LogP) is 14.2. The molecule has 42 heteroatoms. The molecule has 0 fully saturated rings. The third-order valence-corrected chi connectivity index (χ3v) is 16.7. The molecule has 8 rings (SSSR count). The van der Waals surface area contributed by atoms with Gasteiger partial charge in [0.2, 0.25) is 40.7 Å². The summed E-state index contributed by atoms with van der Waals surface area (Å²) < 4.78 is 107. The average molecular weight is 1870 g/mol. The topological polar surface area (TPSA) is 495 Å². The number of hydrogen-bond donors (Lipinski definition) is 10. The van der Waals surface area contributed by atoms with Gasteiger partial charge in [0.1, 0.15) is 83.6 Å². The van der Waals surface area contributed by atoms with Crippen LogP contribution in [-0.4, -0.2) is 166 Å². The lowest BCUT2D eigenvalue weighted by Gasteiger charge is -2.26. The molecule has 0 radical (unpaired) electrons. The van der Waals surface area contributed by atoms with Crippen molar-refractivity contribution in [1.29, 1.82) is 0 Å². The highest BCUT2D eigenvalue weighted by molar-refractivity contribution is 7.15. The van der Waals surface area contributed by atoms with E-state index in [0.29, 0.717) is 21.1 Å². The number of aromatic nitrogens is 4. The normalized spacial score (nSPS) is 12.1. The molecule has 0 saturated carbocycles. The van der Waals surface area contributed by atoms with Gasteiger partial charge in [-0.05, 0) is 181 Å². The lowest BCUT2D eigenvalue weighted by Crippen LogP contribution is -2.50. The second-order valence-electron chi connectivity index (χ2n) is 33.4. The van der Waals surface area contributed by atoms with Gasteiger partial charge >= 0.3 is 54.1 Å². The third-order valence-electron chi connectivity index (χ3n) is 14.4. The van der Waals surface area contributed by atoms with Crippen molar-refractivity contribution in [2.45, 2.75) is 228 Å². The van der Waals surface area contributed by atoms with Crippen molar-refractivity contribution < 1.29 is 128 Å². The number of halogens is 6. The first kappa shape index (κ1) is 110. The number of rotatable bonds is 23. The van der Waals surface area contributed by atoms with Crippen molar-refractivity contribution >= 4 is 106 Å². The Morgan fingerprint density at radius 2 is 0.783 bits per heavy atom. The molecule has 6 aromatic carbocycles. The van der Waals surface area contributed by atoms with E-state index in [0.717, 1.165) is 33.3 Å². The van der Waals surface area contributed by atoms with E-state index >= 15 is 0 Å². The molecule has 0 unspecified atom stereocenters. The Kier molecular flexibility index (Phi) is 43.3. The molecule has 34 nitrogen and oxygen atoms in total. The number of benzene rings is 6. The maximum Gasteiger partial charge on any atom is 0.408 e. The monoisotopic (exact) mass is 1870 g/mol. The first-order chi connectivity index (χ1) is 59.6. The largest absolute Gasteiger partial charge is 0.489 e. The maximum atomic E-state index is 13.5. The van der Waals surface area contributed by atoms with Gasteiger partial charge in [-0.1, -0.05) is 131 Å². The minimum atomic E-state index is -2.35. The summed E-state index contributed by atoms with van der Waals surface area (Å²) >= 11 is 8.64. The number of ether oxygens (including phenoxy) is 8. The van der Waals surface area contributed by atoms with Crippen LogP contribution in [0.15, 0.2) is 140 Å². The highest BCUT2D eigenvalue weighted by Gasteiger charge is 2.35. The van der Waals surface area contributed by atoms with E-state index in [4.69, 9.17) is 66.5 Å². The molecule has 4 atom stereocenters. The van der Waals surface area contributed by atoms with Crippen molar-refractivity contribution in [3.63, 3.8) is 0 Å². The molecule has 2 heterocycles. The molecule has 0 saturated heterocycles. The molecule has 12 N–H and O–H groups in total. The van der Waals surface area contributed by atoms with Crippen molar-refractivity contribution in [1.82, 2.24) is 52.6 Å². The van der Waals surface area contributed by atoms with Crippen LogP contribution in [-0.2, 0) is 70.0 Å². The number of esters is 4. The average Bonchev–Trinajstić information content (AvgIpc) is 1.44. The standard InChI is InChI=1S/C20H29N3O6.C20H27N3O4S.C16H10ClF5O3.C13H23NO6.C11H11N3O2S.C7H8N2O/c1-19(2,3)28-17(26)14(21-18(27)29-20(4,5)6)12-15(24)22-23-16(25)13-10-8-7-9-11-13;1-19(2,3)26-17(24)14(21-18(25)27-20(4,5)6)12-15-22-23-16(28-15)13-10-8-7-9-11-13;1-6(2)24-9-4-3-7(5-8(9)17)16(23)25-15-13(21)11(19)10(18)12(20)14(15)22;1-12(2,3)19-10(17)8(7-9(15)16)14-11(18)20-13(4,5)6;12-8(11(15)16)6-9-13-14-10(17-9)7-4-2-1-3-5-7;8-9-7(10)6-4-2-1-3-5-6/h7-11,14H,12H2,1-6H3,(H,21,27)(H,22,24)(H,23,25);7-11,14H,12H2,1-6H3,(H,21,25);3-6H,1-2H3;8H,7H2,1-6H3,(H,14,18)(H,15,16);1-5,8H,6,12H2,(H,15,16);1-5H,8H2,(H,9,10)/t2*14-;;2*8-;/m00.00./s1. The van der Waals surface area contributed by atoms with Gasteiger partial charge in [-0.3, -0.25) is 40.3 Å². The van der Waals surface area contributed by atoms with E-state index < -0.39 is 171 Å². The quantitative estimate of drug-likeness (QED) is 0.00327. The van der Waals surface area contributed by atoms with Gasteiger partial charge in [0.05, 0.1) is 29.5 Å². The summed E-state index contributed by atoms with van der Waals surface area (Å²) in [5, 5.41) is 43.7. The van der Waals surface area contributed by atoms with Gasteiger partial charge in [-0.25, -0.2) is 52.6 Å². The van der Waals surface area contributed by atoms with E-state index in [2.05, 4.69) is 51.9 Å². The molecule has 129 heavy (non-hydrogen) atoms. The summed E-state index contributed by atoms with van der Waals surface area (Å²) in [4.78, 5) is 141. The molecule has 0 aliphatic heterocycles. The highest BCUT2D eigenvalue weighted by atomic mass is 35.5. The van der Waals surface area contributed by atoms with Gasteiger partial charge in [0.25, 0.3) is 11.8 Å². The Morgan fingerprint density at radius 1 is 0.434 bits per heavy atom. The number of carboxylic acid groups (broad SMARTS) is 2. The van der Waals surface area contributed by atoms with E-state index in [1.54, 1.807) is 193 Å². The molecule has 0 spiro atoms. The zero-order valence-electron chi connectivity index (χ0n) is 74.6. The fraction of sp³-hybridized carbons (Fsp3) is 0.402. The number of amides is 6. The SMILES string of the molecule is CC(C)(C)OC(=O)N[C@@H](CC(=O)NNC(=O)c1ccccc1)C(=O)OC(C)(C)C.CC(C)(C)OC(=O)N[C@@H](CC(=O)O)C(=O)OC(C)(C)C.CC(C)(C)OC(=O)N[C@@H](Cc1nnc(-c2ccccc2)s1)C(=O)OC(C)(C)C.CC(C)Oc1ccc(C(=O)Oc2c(F)c(F)c(F)c(F)c2F)cc1Cl.NNC(=O)c1ccccc1.N[C@@H](Cc1nnc(-c2ccccc2)s1)C(=O)O. The lowest BCUT2D eigenvalue weighted by atomic mass is 10.1. The van der Waals surface area contributed by atoms with Crippen LogP contribution in [0.25, 0.3) is 21.1 Å². The number of alkyl carbamates (subject to hydrolysis) is 3. The number of aliphatic carboxylic acids is 2. The van der Waals surface area contributed by atoms with E-state index in [1.807, 2.05) is 72.2 Å². The van der Waals surface area contributed by atoms with Crippen LogP contribution in [0.3, 0.4) is 0 Å². The second kappa shape index (κ2) is 50.6. The number of hydrogen-bond acceptors (Lipinski definition) is 28. The number of hydrazine groups is 2. The zero-order valence-corrected chi connectivity index (χ0v) is 77.0. The number of carboxylic acids is 2. The van der Waals surface area contributed by atoms with Crippen LogP contribution in [0.2, 0.25) is 5.02 Å². The number of nitrogens with one attached hydrogen (secondary N) is 6. The Bertz CT molecular complexity index is 5050. The molecule has 2 aromatic heterocycles. The van der Waals surface area contributed by atoms with Crippen LogP contribution in [0, 0.1) is 29.1 Å². The first-order valence-corrected chi connectivity index (χ1v) is 41.2. The van der Waals surface area contributed by atoms with Crippen LogP contribution < -0.4 is 53.3 Å². The number of nitrogens with two attached hydrogens (primary N) is 2. The van der Waals surface area contributed by atoms with Crippen LogP contribution in [0.4, 0.5) is 36.3 Å². The van der Waals surface area contributed by atoms with Crippen molar-refractivity contribution in [2.75, 3.05) is 0 Å². The molecule has 0 aliphatic rings. The Balaban J connectivity index is 0.000000408. The van der Waals surface area contributed by atoms with E-state index in [1.165, 1.54) is 28.7 Å². The molecule has 8 aromatic rings. The minimum absolute atomic E-state index is 0.000520. The number of nitrogen functional groups attached to an aromatic ring is 1. The summed E-state index contributed by atoms with van der Waals surface area (Å²) in [6, 6.07) is 35.4. The lowest BCUT2D eigenvalue weighted by molar-refractivity contribution is -0.160. The van der Waals surface area contributed by atoms with E-state index in [9.17, 15) is 79.5 Å². The van der Waals surface area contributed by atoms with Gasteiger partial charge in [-0.15, -0.1) is 20.4 Å². The van der Waals surface area contributed by atoms with Crippen LogP contribution in [0.5, 0.6) is 11.5 Å². The predicted molar refractivity (Wildman–Crippen MR) is 466 cm³/mol. The van der Waals surface area contributed by atoms with Gasteiger partial charge in [0, 0.05) is 35.1 Å².